The summed E-state index contributed by atoms with van der Waals surface area (Å²) in [6.07, 6.45) is 9.13. The van der Waals surface area contributed by atoms with Gasteiger partial charge in [0.2, 0.25) is 0 Å². The van der Waals surface area contributed by atoms with E-state index in [0.29, 0.717) is 12.6 Å². The molecule has 25 heavy (non-hydrogen) atoms. The fourth-order valence-electron chi connectivity index (χ4n) is 3.93. The van der Waals surface area contributed by atoms with Crippen LogP contribution in [0.15, 0.2) is 0 Å². The second kappa shape index (κ2) is 8.49. The second-order valence-corrected chi connectivity index (χ2v) is 8.31. The molecule has 6 heteroatoms. The molecule has 1 aliphatic heterocycles. The van der Waals surface area contributed by atoms with Crippen molar-refractivity contribution in [2.24, 2.45) is 0 Å². The van der Waals surface area contributed by atoms with Crippen LogP contribution in [0.25, 0.3) is 0 Å². The fraction of sp³-hybridized carbons (Fsp3) is 0.684. The molecular weight excluding hydrogens is 352 g/mol. The van der Waals surface area contributed by atoms with E-state index in [0.717, 1.165) is 47.9 Å². The molecule has 4 nitrogen and oxygen atoms in total. The van der Waals surface area contributed by atoms with Gasteiger partial charge in [0.25, 0.3) is 0 Å². The minimum Gasteiger partial charge on any atom is -0.462 e. The van der Waals surface area contributed by atoms with Gasteiger partial charge in [0.1, 0.15) is 5.00 Å². The van der Waals surface area contributed by atoms with Crippen molar-refractivity contribution in [3.8, 4) is 0 Å². The van der Waals surface area contributed by atoms with Gasteiger partial charge in [0.15, 0.2) is 5.11 Å². The molecule has 138 valence electrons. The number of esters is 1. The number of nitrogens with one attached hydrogen (secondary N) is 1. The number of thiocarbonyl (C=S) groups is 1. The SMILES string of the molecule is CCOC(=O)c1c(NC(=S)N2CCCCC2CC)sc2c1CCCC2. The summed E-state index contributed by atoms with van der Waals surface area (Å²) in [7, 11) is 0. The third-order valence-electron chi connectivity index (χ3n) is 5.23. The highest BCUT2D eigenvalue weighted by Crippen LogP contribution is 2.39. The van der Waals surface area contributed by atoms with Gasteiger partial charge in [-0.1, -0.05) is 6.92 Å². The second-order valence-electron chi connectivity index (χ2n) is 6.82. The molecule has 1 N–H and O–H groups in total. The summed E-state index contributed by atoms with van der Waals surface area (Å²) in [5, 5.41) is 5.06. The molecule has 0 amide bonds. The number of ether oxygens (including phenoxy) is 1. The molecule has 1 saturated heterocycles. The molecule has 1 unspecified atom stereocenters. The van der Waals surface area contributed by atoms with Crippen LogP contribution in [-0.4, -0.2) is 35.2 Å². The summed E-state index contributed by atoms with van der Waals surface area (Å²) >= 11 is 7.41. The Morgan fingerprint density at radius 2 is 2.08 bits per heavy atom. The molecule has 2 heterocycles. The number of carbonyl (C=O) groups is 1. The predicted molar refractivity (Wildman–Crippen MR) is 108 cm³/mol. The molecule has 0 saturated carbocycles. The van der Waals surface area contributed by atoms with Gasteiger partial charge in [-0.25, -0.2) is 4.79 Å². The Kier molecular flexibility index (Phi) is 6.34. The monoisotopic (exact) mass is 380 g/mol. The number of nitrogens with zero attached hydrogens (tertiary/aromatic N) is 1. The van der Waals surface area contributed by atoms with Crippen LogP contribution in [0.3, 0.4) is 0 Å². The normalized spacial score (nSPS) is 20.1. The number of piperidine rings is 1. The van der Waals surface area contributed by atoms with Crippen molar-refractivity contribution in [2.45, 2.75) is 71.3 Å². The number of rotatable bonds is 4. The van der Waals surface area contributed by atoms with E-state index in [1.807, 2.05) is 6.92 Å². The predicted octanol–water partition coefficient (Wildman–Crippen LogP) is 4.76. The molecule has 1 atom stereocenters. The Bertz CT molecular complexity index is 642. The zero-order chi connectivity index (χ0) is 17.8. The van der Waals surface area contributed by atoms with Gasteiger partial charge in [0.05, 0.1) is 12.2 Å². The summed E-state index contributed by atoms with van der Waals surface area (Å²) in [6.45, 7) is 5.48. The summed E-state index contributed by atoms with van der Waals surface area (Å²) in [4.78, 5) is 16.2. The summed E-state index contributed by atoms with van der Waals surface area (Å²) in [6, 6.07) is 0.509. The maximum atomic E-state index is 12.6. The number of aryl methyl sites for hydroxylation is 1. The van der Waals surface area contributed by atoms with E-state index in [9.17, 15) is 4.79 Å². The van der Waals surface area contributed by atoms with Crippen molar-refractivity contribution in [1.29, 1.82) is 0 Å². The number of hydrogen-bond donors (Lipinski definition) is 1. The van der Waals surface area contributed by atoms with E-state index in [1.54, 1.807) is 11.3 Å². The number of hydrogen-bond acceptors (Lipinski definition) is 4. The lowest BCUT2D eigenvalue weighted by atomic mass is 9.95. The Labute approximate surface area is 159 Å². The average molecular weight is 381 g/mol. The van der Waals surface area contributed by atoms with E-state index < -0.39 is 0 Å². The smallest absolute Gasteiger partial charge is 0.341 e. The largest absolute Gasteiger partial charge is 0.462 e. The van der Waals surface area contributed by atoms with Crippen LogP contribution in [0.2, 0.25) is 0 Å². The van der Waals surface area contributed by atoms with Gasteiger partial charge >= 0.3 is 5.97 Å². The summed E-state index contributed by atoms with van der Waals surface area (Å²) in [5.41, 5.74) is 1.92. The van der Waals surface area contributed by atoms with Crippen LogP contribution in [0.5, 0.6) is 0 Å². The number of carbonyl (C=O) groups excluding carboxylic acids is 1. The van der Waals surface area contributed by atoms with Crippen LogP contribution in [0.1, 0.15) is 73.2 Å². The summed E-state index contributed by atoms with van der Waals surface area (Å²) in [5.74, 6) is -0.210. The Morgan fingerprint density at radius 1 is 1.28 bits per heavy atom. The van der Waals surface area contributed by atoms with E-state index >= 15 is 0 Å². The van der Waals surface area contributed by atoms with Gasteiger partial charge in [0, 0.05) is 17.5 Å². The molecule has 1 aromatic rings. The zero-order valence-corrected chi connectivity index (χ0v) is 16.9. The molecule has 0 radical (unpaired) electrons. The van der Waals surface area contributed by atoms with Gasteiger partial charge in [-0.15, -0.1) is 11.3 Å². The molecular formula is C19H28N2O2S2. The Balaban J connectivity index is 1.84. The van der Waals surface area contributed by atoms with Crippen molar-refractivity contribution < 1.29 is 9.53 Å². The average Bonchev–Trinajstić information content (AvgIpc) is 2.99. The highest BCUT2D eigenvalue weighted by atomic mass is 32.1. The lowest BCUT2D eigenvalue weighted by Gasteiger charge is -2.37. The van der Waals surface area contributed by atoms with Crippen LogP contribution in [-0.2, 0) is 17.6 Å². The molecule has 2 aliphatic rings. The first-order chi connectivity index (χ1) is 12.2. The minimum atomic E-state index is -0.210. The van der Waals surface area contributed by atoms with Gasteiger partial charge in [-0.05, 0) is 76.1 Å². The van der Waals surface area contributed by atoms with Crippen molar-refractivity contribution in [1.82, 2.24) is 4.90 Å². The topological polar surface area (TPSA) is 41.6 Å². The lowest BCUT2D eigenvalue weighted by Crippen LogP contribution is -2.45. The van der Waals surface area contributed by atoms with Gasteiger partial charge in [-0.3, -0.25) is 0 Å². The van der Waals surface area contributed by atoms with Gasteiger partial charge < -0.3 is 15.0 Å². The van der Waals surface area contributed by atoms with Crippen molar-refractivity contribution in [3.63, 3.8) is 0 Å². The zero-order valence-electron chi connectivity index (χ0n) is 15.2. The molecule has 1 aliphatic carbocycles. The molecule has 0 bridgehead atoms. The first kappa shape index (κ1) is 18.6. The van der Waals surface area contributed by atoms with E-state index in [1.165, 1.54) is 36.1 Å². The van der Waals surface area contributed by atoms with Crippen LogP contribution < -0.4 is 5.32 Å². The number of thiophene rings is 1. The highest BCUT2D eigenvalue weighted by molar-refractivity contribution is 7.80. The van der Waals surface area contributed by atoms with Crippen molar-refractivity contribution >= 4 is 39.6 Å². The van der Waals surface area contributed by atoms with E-state index in [2.05, 4.69) is 17.1 Å². The third kappa shape index (κ3) is 4.00. The van der Waals surface area contributed by atoms with E-state index in [-0.39, 0.29) is 5.97 Å². The maximum absolute atomic E-state index is 12.6. The quantitative estimate of drug-likeness (QED) is 0.602. The molecule has 1 fully saturated rings. The number of anilines is 1. The summed E-state index contributed by atoms with van der Waals surface area (Å²) < 4.78 is 5.33. The van der Waals surface area contributed by atoms with Crippen molar-refractivity contribution in [2.75, 3.05) is 18.5 Å². The minimum absolute atomic E-state index is 0.210. The standard InChI is InChI=1S/C19H28N2O2S2/c1-3-13-9-7-8-12-21(13)19(24)20-17-16(18(22)23-4-2)14-10-5-6-11-15(14)25-17/h13H,3-12H2,1-2H3,(H,20,24). The lowest BCUT2D eigenvalue weighted by molar-refractivity contribution is 0.0526. The molecule has 1 aromatic heterocycles. The van der Waals surface area contributed by atoms with Gasteiger partial charge in [-0.2, -0.15) is 0 Å². The molecule has 0 aromatic carbocycles. The van der Waals surface area contributed by atoms with Crippen molar-refractivity contribution in [3.05, 3.63) is 16.0 Å². The van der Waals surface area contributed by atoms with Crippen LogP contribution in [0, 0.1) is 0 Å². The molecule has 3 rings (SSSR count). The molecule has 0 spiro atoms. The van der Waals surface area contributed by atoms with Crippen LogP contribution >= 0.6 is 23.6 Å². The number of likely N-dealkylation sites (tertiary alicyclic amines) is 1. The highest BCUT2D eigenvalue weighted by Gasteiger charge is 2.29. The first-order valence-corrected chi connectivity index (χ1v) is 10.8. The maximum Gasteiger partial charge on any atom is 0.341 e. The first-order valence-electron chi connectivity index (χ1n) is 9.55. The fourth-order valence-corrected chi connectivity index (χ4v) is 5.62. The number of fused-ring (bicyclic) bond motifs is 1. The Morgan fingerprint density at radius 3 is 2.84 bits per heavy atom. The van der Waals surface area contributed by atoms with Crippen LogP contribution in [0.4, 0.5) is 5.00 Å². The third-order valence-corrected chi connectivity index (χ3v) is 6.77. The van der Waals surface area contributed by atoms with E-state index in [4.69, 9.17) is 17.0 Å². The Hall–Kier alpha value is -1.14.